The number of carboxylic acids is 1. The summed E-state index contributed by atoms with van der Waals surface area (Å²) < 4.78 is 28.7. The van der Waals surface area contributed by atoms with Crippen molar-refractivity contribution in [3.8, 4) is 5.75 Å². The molecule has 0 fully saturated rings. The van der Waals surface area contributed by atoms with E-state index in [4.69, 9.17) is 5.73 Å². The Hall–Kier alpha value is -1.85. The first-order valence-electron chi connectivity index (χ1n) is 5.95. The number of alkyl halides is 2. The molecular formula is C13H17F2NO3. The highest BCUT2D eigenvalue weighted by Crippen LogP contribution is 2.37. The van der Waals surface area contributed by atoms with Crippen LogP contribution in [0.2, 0.25) is 0 Å². The molecule has 4 nitrogen and oxygen atoms in total. The Balaban J connectivity index is 3.33. The van der Waals surface area contributed by atoms with E-state index in [1.807, 2.05) is 0 Å². The largest absolute Gasteiger partial charge is 0.481 e. The van der Waals surface area contributed by atoms with E-state index in [1.165, 1.54) is 18.2 Å². The van der Waals surface area contributed by atoms with Crippen LogP contribution in [0.5, 0.6) is 5.75 Å². The van der Waals surface area contributed by atoms with E-state index in [-0.39, 0.29) is 11.4 Å². The summed E-state index contributed by atoms with van der Waals surface area (Å²) in [5.74, 6) is -1.12. The maximum Gasteiger partial charge on any atom is 0.387 e. The Kier molecular flexibility index (Phi) is 4.69. The van der Waals surface area contributed by atoms with Crippen LogP contribution in [-0.2, 0) is 10.2 Å². The first-order chi connectivity index (χ1) is 8.87. The van der Waals surface area contributed by atoms with E-state index < -0.39 is 18.0 Å². The number of rotatable bonds is 6. The standard InChI is InChI=1S/C13H17F2NO3/c1-3-13(4-2,11(17)18)9-7-8(19-12(14)15)5-6-10(9)16/h5-7,12H,3-4,16H2,1-2H3,(H,17,18). The van der Waals surface area contributed by atoms with Crippen molar-refractivity contribution < 1.29 is 23.4 Å². The van der Waals surface area contributed by atoms with Crippen molar-refractivity contribution in [2.24, 2.45) is 0 Å². The molecule has 0 radical (unpaired) electrons. The van der Waals surface area contributed by atoms with Crippen LogP contribution in [0, 0.1) is 0 Å². The van der Waals surface area contributed by atoms with E-state index in [0.29, 0.717) is 18.4 Å². The zero-order valence-electron chi connectivity index (χ0n) is 10.8. The normalized spacial score (nSPS) is 11.6. The summed E-state index contributed by atoms with van der Waals surface area (Å²) in [5.41, 5.74) is 5.17. The second-order valence-corrected chi connectivity index (χ2v) is 4.22. The number of hydrogen-bond donors (Lipinski definition) is 2. The number of hydrogen-bond acceptors (Lipinski definition) is 3. The number of carbonyl (C=O) groups is 1. The fraction of sp³-hybridized carbons (Fsp3) is 0.462. The van der Waals surface area contributed by atoms with Gasteiger partial charge in [-0.3, -0.25) is 4.79 Å². The van der Waals surface area contributed by atoms with E-state index in [1.54, 1.807) is 13.8 Å². The van der Waals surface area contributed by atoms with Gasteiger partial charge in [0.2, 0.25) is 0 Å². The Morgan fingerprint density at radius 2 is 2.00 bits per heavy atom. The molecule has 0 unspecified atom stereocenters. The molecule has 1 aromatic carbocycles. The maximum absolute atomic E-state index is 12.2. The van der Waals surface area contributed by atoms with Crippen molar-refractivity contribution in [3.05, 3.63) is 23.8 Å². The van der Waals surface area contributed by atoms with Gasteiger partial charge in [-0.2, -0.15) is 8.78 Å². The van der Waals surface area contributed by atoms with Crippen LogP contribution < -0.4 is 10.5 Å². The van der Waals surface area contributed by atoms with E-state index in [2.05, 4.69) is 4.74 Å². The molecule has 0 saturated heterocycles. The summed E-state index contributed by atoms with van der Waals surface area (Å²) in [6.45, 7) is 0.481. The molecule has 0 atom stereocenters. The number of nitrogens with two attached hydrogens (primary N) is 1. The molecule has 0 amide bonds. The minimum Gasteiger partial charge on any atom is -0.481 e. The summed E-state index contributed by atoms with van der Waals surface area (Å²) in [6, 6.07) is 3.96. The lowest BCUT2D eigenvalue weighted by atomic mass is 9.75. The quantitative estimate of drug-likeness (QED) is 0.781. The van der Waals surface area contributed by atoms with Gasteiger partial charge in [0.15, 0.2) is 0 Å². The smallest absolute Gasteiger partial charge is 0.387 e. The minimum atomic E-state index is -2.96. The van der Waals surface area contributed by atoms with Crippen molar-refractivity contribution in [2.45, 2.75) is 38.7 Å². The summed E-state index contributed by atoms with van der Waals surface area (Å²) in [5, 5.41) is 9.43. The van der Waals surface area contributed by atoms with Gasteiger partial charge >= 0.3 is 12.6 Å². The number of ether oxygens (including phenoxy) is 1. The second kappa shape index (κ2) is 5.86. The van der Waals surface area contributed by atoms with E-state index in [9.17, 15) is 18.7 Å². The van der Waals surface area contributed by atoms with Crippen LogP contribution in [0.25, 0.3) is 0 Å². The van der Waals surface area contributed by atoms with Gasteiger partial charge in [-0.15, -0.1) is 0 Å². The molecule has 1 aromatic rings. The highest BCUT2D eigenvalue weighted by Gasteiger charge is 2.38. The van der Waals surface area contributed by atoms with Crippen LogP contribution in [0.15, 0.2) is 18.2 Å². The lowest BCUT2D eigenvalue weighted by Gasteiger charge is -2.29. The zero-order chi connectivity index (χ0) is 14.6. The Morgan fingerprint density at radius 3 is 2.42 bits per heavy atom. The third-order valence-corrected chi connectivity index (χ3v) is 3.38. The van der Waals surface area contributed by atoms with E-state index >= 15 is 0 Å². The lowest BCUT2D eigenvalue weighted by Crippen LogP contribution is -2.35. The molecule has 3 N–H and O–H groups in total. The molecule has 106 valence electrons. The Morgan fingerprint density at radius 1 is 1.42 bits per heavy atom. The number of aliphatic carboxylic acids is 1. The van der Waals surface area contributed by atoms with Crippen LogP contribution in [0.1, 0.15) is 32.3 Å². The van der Waals surface area contributed by atoms with Crippen molar-refractivity contribution in [1.82, 2.24) is 0 Å². The highest BCUT2D eigenvalue weighted by molar-refractivity contribution is 5.84. The molecule has 1 rings (SSSR count). The molecule has 0 aliphatic carbocycles. The fourth-order valence-electron chi connectivity index (χ4n) is 2.17. The van der Waals surface area contributed by atoms with Crippen LogP contribution in [0.3, 0.4) is 0 Å². The first-order valence-corrected chi connectivity index (χ1v) is 5.95. The minimum absolute atomic E-state index is 0.0910. The van der Waals surface area contributed by atoms with Crippen LogP contribution >= 0.6 is 0 Å². The van der Waals surface area contributed by atoms with Gasteiger partial charge in [0.1, 0.15) is 5.75 Å². The number of benzene rings is 1. The second-order valence-electron chi connectivity index (χ2n) is 4.22. The molecule has 0 aliphatic rings. The molecule has 0 saturated carbocycles. The van der Waals surface area contributed by atoms with Crippen molar-refractivity contribution >= 4 is 11.7 Å². The van der Waals surface area contributed by atoms with Gasteiger partial charge in [-0.05, 0) is 36.6 Å². The molecule has 0 aromatic heterocycles. The molecular weight excluding hydrogens is 256 g/mol. The monoisotopic (exact) mass is 273 g/mol. The Labute approximate surface area is 110 Å². The van der Waals surface area contributed by atoms with Gasteiger partial charge in [0.25, 0.3) is 0 Å². The zero-order valence-corrected chi connectivity index (χ0v) is 10.8. The van der Waals surface area contributed by atoms with Gasteiger partial charge in [-0.1, -0.05) is 13.8 Å². The van der Waals surface area contributed by atoms with Crippen LogP contribution in [-0.4, -0.2) is 17.7 Å². The number of halogens is 2. The summed E-state index contributed by atoms with van der Waals surface area (Å²) in [6.07, 6.45) is 0.613. The average molecular weight is 273 g/mol. The number of anilines is 1. The Bertz CT molecular complexity index is 459. The summed E-state index contributed by atoms with van der Waals surface area (Å²) in [4.78, 5) is 11.5. The van der Waals surface area contributed by atoms with E-state index in [0.717, 1.165) is 0 Å². The fourth-order valence-corrected chi connectivity index (χ4v) is 2.17. The predicted octanol–water partition coefficient (Wildman–Crippen LogP) is 3.01. The number of carboxylic acid groups (broad SMARTS) is 1. The molecule has 0 bridgehead atoms. The highest BCUT2D eigenvalue weighted by atomic mass is 19.3. The van der Waals surface area contributed by atoms with Gasteiger partial charge in [0, 0.05) is 5.69 Å². The van der Waals surface area contributed by atoms with Gasteiger partial charge < -0.3 is 15.6 Å². The van der Waals surface area contributed by atoms with Crippen molar-refractivity contribution in [1.29, 1.82) is 0 Å². The lowest BCUT2D eigenvalue weighted by molar-refractivity contribution is -0.144. The van der Waals surface area contributed by atoms with Gasteiger partial charge in [-0.25, -0.2) is 0 Å². The summed E-state index contributed by atoms with van der Waals surface area (Å²) in [7, 11) is 0. The first kappa shape index (κ1) is 15.2. The molecule has 6 heteroatoms. The third-order valence-electron chi connectivity index (χ3n) is 3.38. The molecule has 0 heterocycles. The average Bonchev–Trinajstić information content (AvgIpc) is 2.34. The molecule has 0 aliphatic heterocycles. The topological polar surface area (TPSA) is 72.5 Å². The molecule has 19 heavy (non-hydrogen) atoms. The third kappa shape index (κ3) is 2.94. The maximum atomic E-state index is 12.2. The van der Waals surface area contributed by atoms with Gasteiger partial charge in [0.05, 0.1) is 5.41 Å². The summed E-state index contributed by atoms with van der Waals surface area (Å²) >= 11 is 0. The number of nitrogen functional groups attached to an aromatic ring is 1. The molecule has 0 spiro atoms. The predicted molar refractivity (Wildman–Crippen MR) is 67.4 cm³/mol. The van der Waals surface area contributed by atoms with Crippen LogP contribution in [0.4, 0.5) is 14.5 Å². The van der Waals surface area contributed by atoms with Crippen molar-refractivity contribution in [2.75, 3.05) is 5.73 Å². The SMILES string of the molecule is CCC(CC)(C(=O)O)c1cc(OC(F)F)ccc1N. The van der Waals surface area contributed by atoms with Crippen molar-refractivity contribution in [3.63, 3.8) is 0 Å².